The third-order valence-corrected chi connectivity index (χ3v) is 3.47. The van der Waals surface area contributed by atoms with E-state index in [1.807, 2.05) is 37.3 Å². The van der Waals surface area contributed by atoms with Crippen molar-refractivity contribution >= 4 is 16.8 Å². The molecule has 3 rings (SSSR count). The lowest BCUT2D eigenvalue weighted by atomic mass is 10.1. The first kappa shape index (κ1) is 13.6. The Morgan fingerprint density at radius 3 is 2.24 bits per heavy atom. The minimum atomic E-state index is -0.470. The van der Waals surface area contributed by atoms with Gasteiger partial charge in [0, 0.05) is 22.8 Å². The lowest BCUT2D eigenvalue weighted by Gasteiger charge is -1.97. The fourth-order valence-corrected chi connectivity index (χ4v) is 2.16. The molecule has 21 heavy (non-hydrogen) atoms. The van der Waals surface area contributed by atoms with E-state index in [-0.39, 0.29) is 0 Å². The average molecular weight is 298 g/mol. The van der Waals surface area contributed by atoms with Gasteiger partial charge in [-0.1, -0.05) is 47.1 Å². The summed E-state index contributed by atoms with van der Waals surface area (Å²) in [7, 11) is 0. The molecule has 0 saturated carbocycles. The summed E-state index contributed by atoms with van der Waals surface area (Å²) in [5, 5.41) is 3.60. The predicted octanol–water partition coefficient (Wildman–Crippen LogP) is 4.70. The van der Waals surface area contributed by atoms with Crippen molar-refractivity contribution in [3.63, 3.8) is 0 Å². The Balaban J connectivity index is 1.90. The number of aryl methyl sites for hydroxylation is 1. The molecule has 0 fully saturated rings. The summed E-state index contributed by atoms with van der Waals surface area (Å²) in [5.41, 5.74) is 4.23. The van der Waals surface area contributed by atoms with Crippen LogP contribution in [-0.2, 0) is 0 Å². The standard InChI is InChI=1S/C17H12ClNO2/c1-11-2-4-13(5-3-11)16-10-15(19-21-16)12-6-8-14(9-7-12)17(18)20/h2-10H,1H3. The van der Waals surface area contributed by atoms with E-state index >= 15 is 0 Å². The lowest BCUT2D eigenvalue weighted by Crippen LogP contribution is -1.87. The summed E-state index contributed by atoms with van der Waals surface area (Å²) >= 11 is 5.43. The van der Waals surface area contributed by atoms with E-state index < -0.39 is 5.24 Å². The maximum atomic E-state index is 11.0. The summed E-state index contributed by atoms with van der Waals surface area (Å²) in [6, 6.07) is 16.9. The van der Waals surface area contributed by atoms with Crippen LogP contribution in [0.25, 0.3) is 22.6 Å². The summed E-state index contributed by atoms with van der Waals surface area (Å²) < 4.78 is 5.38. The van der Waals surface area contributed by atoms with Gasteiger partial charge in [0.15, 0.2) is 5.76 Å². The molecule has 0 saturated heterocycles. The van der Waals surface area contributed by atoms with Crippen LogP contribution in [0.2, 0.25) is 0 Å². The third-order valence-electron chi connectivity index (χ3n) is 3.25. The SMILES string of the molecule is Cc1ccc(-c2cc(-c3ccc(C(=O)Cl)cc3)no2)cc1. The van der Waals surface area contributed by atoms with Crippen LogP contribution in [-0.4, -0.2) is 10.4 Å². The fraction of sp³-hybridized carbons (Fsp3) is 0.0588. The first-order chi connectivity index (χ1) is 10.1. The molecule has 2 aromatic carbocycles. The maximum Gasteiger partial charge on any atom is 0.252 e. The highest BCUT2D eigenvalue weighted by molar-refractivity contribution is 6.67. The molecule has 0 spiro atoms. The molecule has 0 bridgehead atoms. The Kier molecular flexibility index (Phi) is 3.59. The number of carbonyl (C=O) groups is 1. The van der Waals surface area contributed by atoms with Crippen LogP contribution < -0.4 is 0 Å². The number of hydrogen-bond acceptors (Lipinski definition) is 3. The fourth-order valence-electron chi connectivity index (χ4n) is 2.04. The molecule has 3 nitrogen and oxygen atoms in total. The molecule has 104 valence electrons. The molecule has 1 heterocycles. The van der Waals surface area contributed by atoms with E-state index in [2.05, 4.69) is 5.16 Å². The van der Waals surface area contributed by atoms with E-state index in [0.717, 1.165) is 16.8 Å². The quantitative estimate of drug-likeness (QED) is 0.658. The lowest BCUT2D eigenvalue weighted by molar-refractivity contribution is 0.108. The topological polar surface area (TPSA) is 43.1 Å². The molecular weight excluding hydrogens is 286 g/mol. The minimum absolute atomic E-state index is 0.461. The van der Waals surface area contributed by atoms with Crippen LogP contribution in [0.1, 0.15) is 15.9 Å². The zero-order chi connectivity index (χ0) is 14.8. The van der Waals surface area contributed by atoms with E-state index in [4.69, 9.17) is 16.1 Å². The summed E-state index contributed by atoms with van der Waals surface area (Å²) in [6.45, 7) is 2.04. The van der Waals surface area contributed by atoms with Gasteiger partial charge in [-0.2, -0.15) is 0 Å². The van der Waals surface area contributed by atoms with Gasteiger partial charge in [-0.15, -0.1) is 0 Å². The van der Waals surface area contributed by atoms with Gasteiger partial charge in [0.05, 0.1) is 0 Å². The van der Waals surface area contributed by atoms with E-state index in [1.54, 1.807) is 24.3 Å². The van der Waals surface area contributed by atoms with Crippen LogP contribution in [0.5, 0.6) is 0 Å². The summed E-state index contributed by atoms with van der Waals surface area (Å²) in [4.78, 5) is 11.0. The van der Waals surface area contributed by atoms with Crippen molar-refractivity contribution < 1.29 is 9.32 Å². The number of carbonyl (C=O) groups excluding carboxylic acids is 1. The van der Waals surface area contributed by atoms with Crippen LogP contribution in [0.4, 0.5) is 0 Å². The first-order valence-corrected chi connectivity index (χ1v) is 6.85. The molecule has 1 aromatic heterocycles. The van der Waals surface area contributed by atoms with Gasteiger partial charge < -0.3 is 4.52 Å². The van der Waals surface area contributed by atoms with Crippen molar-refractivity contribution in [3.8, 4) is 22.6 Å². The van der Waals surface area contributed by atoms with Crippen LogP contribution in [0.3, 0.4) is 0 Å². The molecular formula is C17H12ClNO2. The van der Waals surface area contributed by atoms with Crippen LogP contribution in [0, 0.1) is 6.92 Å². The summed E-state index contributed by atoms with van der Waals surface area (Å²) in [5.74, 6) is 0.711. The highest BCUT2D eigenvalue weighted by atomic mass is 35.5. The maximum absolute atomic E-state index is 11.0. The molecule has 4 heteroatoms. The number of benzene rings is 2. The van der Waals surface area contributed by atoms with Gasteiger partial charge >= 0.3 is 0 Å². The molecule has 0 atom stereocenters. The second kappa shape index (κ2) is 5.54. The van der Waals surface area contributed by atoms with Crippen molar-refractivity contribution in [1.82, 2.24) is 5.16 Å². The van der Waals surface area contributed by atoms with Crippen molar-refractivity contribution in [2.45, 2.75) is 6.92 Å². The van der Waals surface area contributed by atoms with Gasteiger partial charge in [-0.3, -0.25) is 4.79 Å². The normalized spacial score (nSPS) is 10.6. The van der Waals surface area contributed by atoms with Crippen LogP contribution in [0.15, 0.2) is 59.1 Å². The zero-order valence-electron chi connectivity index (χ0n) is 11.3. The molecule has 0 radical (unpaired) electrons. The second-order valence-corrected chi connectivity index (χ2v) is 5.14. The Bertz CT molecular complexity index is 773. The van der Waals surface area contributed by atoms with E-state index in [9.17, 15) is 4.79 Å². The third kappa shape index (κ3) is 2.88. The van der Waals surface area contributed by atoms with Crippen molar-refractivity contribution in [1.29, 1.82) is 0 Å². The number of hydrogen-bond donors (Lipinski definition) is 0. The predicted molar refractivity (Wildman–Crippen MR) is 82.3 cm³/mol. The molecule has 0 unspecified atom stereocenters. The highest BCUT2D eigenvalue weighted by Gasteiger charge is 2.09. The van der Waals surface area contributed by atoms with Gasteiger partial charge in [0.1, 0.15) is 5.69 Å². The monoisotopic (exact) mass is 297 g/mol. The number of nitrogens with zero attached hydrogens (tertiary/aromatic N) is 1. The first-order valence-electron chi connectivity index (χ1n) is 6.47. The van der Waals surface area contributed by atoms with Gasteiger partial charge in [-0.25, -0.2) is 0 Å². The minimum Gasteiger partial charge on any atom is -0.356 e. The largest absolute Gasteiger partial charge is 0.356 e. The number of rotatable bonds is 3. The smallest absolute Gasteiger partial charge is 0.252 e. The Labute approximate surface area is 127 Å². The zero-order valence-corrected chi connectivity index (χ0v) is 12.1. The Morgan fingerprint density at radius 2 is 1.62 bits per heavy atom. The average Bonchev–Trinajstić information content (AvgIpc) is 2.98. The Hall–Kier alpha value is -2.39. The molecule has 0 aliphatic carbocycles. The number of halogens is 1. The molecule has 0 amide bonds. The van der Waals surface area contributed by atoms with E-state index in [0.29, 0.717) is 11.3 Å². The molecule has 0 aliphatic heterocycles. The second-order valence-electron chi connectivity index (χ2n) is 4.79. The van der Waals surface area contributed by atoms with Gasteiger partial charge in [0.25, 0.3) is 5.24 Å². The van der Waals surface area contributed by atoms with Crippen molar-refractivity contribution in [2.75, 3.05) is 0 Å². The van der Waals surface area contributed by atoms with E-state index in [1.165, 1.54) is 5.56 Å². The molecule has 0 N–H and O–H groups in total. The molecule has 0 aliphatic rings. The Morgan fingerprint density at radius 1 is 1.00 bits per heavy atom. The van der Waals surface area contributed by atoms with Crippen molar-refractivity contribution in [2.24, 2.45) is 0 Å². The van der Waals surface area contributed by atoms with Gasteiger partial charge in [-0.05, 0) is 30.7 Å². The summed E-state index contributed by atoms with van der Waals surface area (Å²) in [6.07, 6.45) is 0. The van der Waals surface area contributed by atoms with Crippen molar-refractivity contribution in [3.05, 3.63) is 65.7 Å². The number of aromatic nitrogens is 1. The van der Waals surface area contributed by atoms with Gasteiger partial charge in [0.2, 0.25) is 0 Å². The molecule has 3 aromatic rings. The van der Waals surface area contributed by atoms with Crippen LogP contribution >= 0.6 is 11.6 Å². The highest BCUT2D eigenvalue weighted by Crippen LogP contribution is 2.26.